The average Bonchev–Trinajstić information content (AvgIpc) is 2.20. The molecule has 1 aliphatic carbocycles. The van der Waals surface area contributed by atoms with E-state index < -0.39 is 0 Å². The molecule has 0 bridgehead atoms. The number of fused-ring (bicyclic) bond motifs is 1. The van der Waals surface area contributed by atoms with E-state index in [0.717, 1.165) is 24.8 Å². The molecule has 1 aliphatic rings. The summed E-state index contributed by atoms with van der Waals surface area (Å²) in [6, 6.07) is 8.17. The van der Waals surface area contributed by atoms with Crippen LogP contribution in [-0.4, -0.2) is 26.0 Å². The fraction of sp³-hybridized carbons (Fsp3) is 0.500. The molecule has 0 unspecified atom stereocenters. The first kappa shape index (κ1) is 14.6. The number of hydrogen-bond acceptors (Lipinski definition) is 2. The molecule has 0 aromatic heterocycles. The molecule has 2 rings (SSSR count). The van der Waals surface area contributed by atoms with Gasteiger partial charge in [0.1, 0.15) is 0 Å². The monoisotopic (exact) mass is 221 g/mol. The van der Waals surface area contributed by atoms with Crippen LogP contribution in [0.2, 0.25) is 0 Å². The number of aliphatic hydroxyl groups is 1. The lowest BCUT2D eigenvalue weighted by Gasteiger charge is -2.20. The highest BCUT2D eigenvalue weighted by Gasteiger charge is 2.15. The smallest absolute Gasteiger partial charge is 0.0792 e. The topological polar surface area (TPSA) is 20.2 Å². The second-order valence-corrected chi connectivity index (χ2v) is 4.33. The Balaban J connectivity index is 0.000000443. The molecule has 0 aliphatic heterocycles. The molecule has 3 radical (unpaired) electrons. The van der Waals surface area contributed by atoms with Gasteiger partial charge in [-0.2, -0.15) is 11.8 Å². The largest absolute Gasteiger partial charge is 0.388 e. The van der Waals surface area contributed by atoms with Crippen molar-refractivity contribution in [3.05, 3.63) is 35.4 Å². The number of benzene rings is 1. The zero-order valence-electron chi connectivity index (χ0n) is 9.44. The standard InChI is InChI=1S/C10H12O.C2H6S.B/c11-10-7-3-5-8-4-1-2-6-9(8)10;1-3-2;/h1-2,4,6,10-11H,3,5,7H2;1-2H3;/t10-;;/m1../s1. The van der Waals surface area contributed by atoms with E-state index in [9.17, 15) is 5.11 Å². The van der Waals surface area contributed by atoms with E-state index in [-0.39, 0.29) is 14.5 Å². The maximum absolute atomic E-state index is 9.56. The van der Waals surface area contributed by atoms with Gasteiger partial charge in [0.25, 0.3) is 0 Å². The summed E-state index contributed by atoms with van der Waals surface area (Å²) < 4.78 is 0. The van der Waals surface area contributed by atoms with Gasteiger partial charge in [-0.15, -0.1) is 0 Å². The summed E-state index contributed by atoms with van der Waals surface area (Å²) >= 11 is 1.75. The Bertz CT molecular complexity index is 278. The molecule has 1 aromatic carbocycles. The van der Waals surface area contributed by atoms with Gasteiger partial charge in [-0.25, -0.2) is 0 Å². The number of hydrogen-bond donors (Lipinski definition) is 1. The first-order valence-electron chi connectivity index (χ1n) is 4.95. The predicted octanol–water partition coefficient (Wildman–Crippen LogP) is 2.65. The van der Waals surface area contributed by atoms with Crippen LogP contribution in [0.4, 0.5) is 0 Å². The SMILES string of the molecule is CSC.O[C@@H]1CCCc2ccccc21.[B]. The van der Waals surface area contributed by atoms with E-state index in [0.29, 0.717) is 0 Å². The van der Waals surface area contributed by atoms with E-state index in [1.807, 2.05) is 30.7 Å². The van der Waals surface area contributed by atoms with Crippen LogP contribution < -0.4 is 0 Å². The molecule has 0 spiro atoms. The maximum Gasteiger partial charge on any atom is 0.0792 e. The molecular weight excluding hydrogens is 203 g/mol. The van der Waals surface area contributed by atoms with Gasteiger partial charge in [0.2, 0.25) is 0 Å². The molecule has 15 heavy (non-hydrogen) atoms. The number of aryl methyl sites for hydroxylation is 1. The molecule has 0 amide bonds. The minimum absolute atomic E-state index is 0. The van der Waals surface area contributed by atoms with Crippen LogP contribution in [0.25, 0.3) is 0 Å². The number of aliphatic hydroxyl groups excluding tert-OH is 1. The molecule has 0 fully saturated rings. The van der Waals surface area contributed by atoms with Gasteiger partial charge in [0.05, 0.1) is 6.10 Å². The fourth-order valence-corrected chi connectivity index (χ4v) is 1.73. The van der Waals surface area contributed by atoms with Gasteiger partial charge in [0.15, 0.2) is 0 Å². The highest BCUT2D eigenvalue weighted by molar-refractivity contribution is 7.97. The lowest BCUT2D eigenvalue weighted by atomic mass is 9.90. The van der Waals surface area contributed by atoms with Crippen molar-refractivity contribution in [3.8, 4) is 0 Å². The third-order valence-electron chi connectivity index (χ3n) is 2.34. The Morgan fingerprint density at radius 3 is 2.47 bits per heavy atom. The Labute approximate surface area is 98.9 Å². The van der Waals surface area contributed by atoms with Crippen LogP contribution in [0.15, 0.2) is 24.3 Å². The van der Waals surface area contributed by atoms with Gasteiger partial charge in [0, 0.05) is 8.41 Å². The maximum atomic E-state index is 9.56. The second-order valence-electron chi connectivity index (χ2n) is 3.52. The van der Waals surface area contributed by atoms with E-state index >= 15 is 0 Å². The summed E-state index contributed by atoms with van der Waals surface area (Å²) in [5, 5.41) is 9.56. The van der Waals surface area contributed by atoms with Crippen molar-refractivity contribution in [3.63, 3.8) is 0 Å². The predicted molar refractivity (Wildman–Crippen MR) is 69.5 cm³/mol. The molecule has 81 valence electrons. The summed E-state index contributed by atoms with van der Waals surface area (Å²) in [4.78, 5) is 0. The van der Waals surface area contributed by atoms with Crippen molar-refractivity contribution >= 4 is 20.2 Å². The Morgan fingerprint density at radius 2 is 1.87 bits per heavy atom. The minimum atomic E-state index is -0.208. The van der Waals surface area contributed by atoms with Crippen LogP contribution in [0.3, 0.4) is 0 Å². The van der Waals surface area contributed by atoms with E-state index in [2.05, 4.69) is 6.07 Å². The van der Waals surface area contributed by atoms with Crippen molar-refractivity contribution in [2.45, 2.75) is 25.4 Å². The summed E-state index contributed by atoms with van der Waals surface area (Å²) in [5.74, 6) is 0. The fourth-order valence-electron chi connectivity index (χ4n) is 1.73. The van der Waals surface area contributed by atoms with Crippen LogP contribution in [-0.2, 0) is 6.42 Å². The molecule has 1 nitrogen and oxygen atoms in total. The van der Waals surface area contributed by atoms with Gasteiger partial charge in [-0.1, -0.05) is 24.3 Å². The highest BCUT2D eigenvalue weighted by atomic mass is 32.2. The molecular formula is C12H18BOS. The quantitative estimate of drug-likeness (QED) is 0.679. The highest BCUT2D eigenvalue weighted by Crippen LogP contribution is 2.28. The molecule has 0 saturated heterocycles. The zero-order valence-corrected chi connectivity index (χ0v) is 10.3. The van der Waals surface area contributed by atoms with E-state index in [4.69, 9.17) is 0 Å². The molecule has 0 saturated carbocycles. The average molecular weight is 221 g/mol. The Hall–Kier alpha value is -0.405. The summed E-state index contributed by atoms with van der Waals surface area (Å²) in [6.45, 7) is 0. The third-order valence-corrected chi connectivity index (χ3v) is 2.34. The third kappa shape index (κ3) is 4.31. The van der Waals surface area contributed by atoms with Crippen molar-refractivity contribution < 1.29 is 5.11 Å². The van der Waals surface area contributed by atoms with Crippen LogP contribution >= 0.6 is 11.8 Å². The van der Waals surface area contributed by atoms with Crippen molar-refractivity contribution in [2.75, 3.05) is 12.5 Å². The lowest BCUT2D eigenvalue weighted by Crippen LogP contribution is -2.08. The van der Waals surface area contributed by atoms with Crippen molar-refractivity contribution in [1.82, 2.24) is 0 Å². The van der Waals surface area contributed by atoms with Gasteiger partial charge in [-0.05, 0) is 42.9 Å². The van der Waals surface area contributed by atoms with Gasteiger partial charge < -0.3 is 5.11 Å². The van der Waals surface area contributed by atoms with Crippen LogP contribution in [0.1, 0.15) is 30.1 Å². The first-order chi connectivity index (χ1) is 6.79. The normalized spacial score (nSPS) is 17.9. The summed E-state index contributed by atoms with van der Waals surface area (Å²) in [7, 11) is 0. The molecule has 0 heterocycles. The van der Waals surface area contributed by atoms with Gasteiger partial charge >= 0.3 is 0 Å². The zero-order chi connectivity index (χ0) is 10.4. The van der Waals surface area contributed by atoms with E-state index in [1.165, 1.54) is 5.56 Å². The first-order valence-corrected chi connectivity index (χ1v) is 6.59. The van der Waals surface area contributed by atoms with Gasteiger partial charge in [-0.3, -0.25) is 0 Å². The molecule has 3 heteroatoms. The minimum Gasteiger partial charge on any atom is -0.388 e. The Kier molecular flexibility index (Phi) is 7.62. The molecule has 1 aromatic rings. The van der Waals surface area contributed by atoms with Crippen molar-refractivity contribution in [2.24, 2.45) is 0 Å². The van der Waals surface area contributed by atoms with Crippen LogP contribution in [0.5, 0.6) is 0 Å². The lowest BCUT2D eigenvalue weighted by molar-refractivity contribution is 0.156. The second kappa shape index (κ2) is 7.83. The van der Waals surface area contributed by atoms with Crippen molar-refractivity contribution in [1.29, 1.82) is 0 Å². The number of thioether (sulfide) groups is 1. The van der Waals surface area contributed by atoms with E-state index in [1.54, 1.807) is 11.8 Å². The summed E-state index contributed by atoms with van der Waals surface area (Å²) in [5.41, 5.74) is 2.46. The van der Waals surface area contributed by atoms with Crippen LogP contribution in [0, 0.1) is 0 Å². The number of rotatable bonds is 0. The molecule has 1 N–H and O–H groups in total. The Morgan fingerprint density at radius 1 is 1.27 bits per heavy atom. The summed E-state index contributed by atoms with van der Waals surface area (Å²) in [6.07, 6.45) is 7.06. The molecule has 1 atom stereocenters.